The number of nitrogens with one attached hydrogen (secondary N) is 1. The molecule has 1 heterocycles. The van der Waals surface area contributed by atoms with Crippen LogP contribution in [0.1, 0.15) is 10.5 Å². The standard InChI is InChI=1S/C16H18N2O3/c1-20-11-10-17-16(19)13-8-9-14(21-2)15(18-13)12-6-4-3-5-7-12/h3-9H,10-11H2,1-2H3,(H,17,19). The molecule has 110 valence electrons. The Morgan fingerprint density at radius 3 is 2.57 bits per heavy atom. The van der Waals surface area contributed by atoms with Gasteiger partial charge in [0.05, 0.1) is 13.7 Å². The first-order valence-electron chi connectivity index (χ1n) is 6.64. The van der Waals surface area contributed by atoms with Crippen molar-refractivity contribution in [2.45, 2.75) is 0 Å². The topological polar surface area (TPSA) is 60.5 Å². The number of aromatic nitrogens is 1. The van der Waals surface area contributed by atoms with Gasteiger partial charge in [-0.25, -0.2) is 4.98 Å². The van der Waals surface area contributed by atoms with E-state index in [1.807, 2.05) is 30.3 Å². The highest BCUT2D eigenvalue weighted by atomic mass is 16.5. The van der Waals surface area contributed by atoms with Gasteiger partial charge in [-0.3, -0.25) is 4.79 Å². The van der Waals surface area contributed by atoms with E-state index in [1.54, 1.807) is 26.4 Å². The van der Waals surface area contributed by atoms with Crippen LogP contribution < -0.4 is 10.1 Å². The normalized spacial score (nSPS) is 10.2. The summed E-state index contributed by atoms with van der Waals surface area (Å²) in [6.45, 7) is 0.914. The summed E-state index contributed by atoms with van der Waals surface area (Å²) in [6, 6.07) is 13.0. The number of amides is 1. The molecule has 0 aliphatic heterocycles. The third kappa shape index (κ3) is 3.79. The van der Waals surface area contributed by atoms with Gasteiger partial charge in [-0.2, -0.15) is 0 Å². The Hall–Kier alpha value is -2.40. The molecule has 1 aromatic heterocycles. The fourth-order valence-electron chi connectivity index (χ4n) is 1.90. The quantitative estimate of drug-likeness (QED) is 0.826. The maximum Gasteiger partial charge on any atom is 0.269 e. The summed E-state index contributed by atoms with van der Waals surface area (Å²) in [5.41, 5.74) is 1.91. The minimum absolute atomic E-state index is 0.230. The Labute approximate surface area is 123 Å². The molecule has 2 rings (SSSR count). The highest BCUT2D eigenvalue weighted by Gasteiger charge is 2.13. The fraction of sp³-hybridized carbons (Fsp3) is 0.250. The Kier molecular flexibility index (Phi) is 5.29. The van der Waals surface area contributed by atoms with Gasteiger partial charge in [-0.1, -0.05) is 30.3 Å². The molecule has 0 aliphatic carbocycles. The fourth-order valence-corrected chi connectivity index (χ4v) is 1.90. The number of hydrogen-bond acceptors (Lipinski definition) is 4. The van der Waals surface area contributed by atoms with E-state index in [4.69, 9.17) is 9.47 Å². The largest absolute Gasteiger partial charge is 0.494 e. The highest BCUT2D eigenvalue weighted by molar-refractivity contribution is 5.93. The summed E-state index contributed by atoms with van der Waals surface area (Å²) >= 11 is 0. The second-order valence-corrected chi connectivity index (χ2v) is 4.36. The number of pyridine rings is 1. The van der Waals surface area contributed by atoms with Crippen LogP contribution in [0.5, 0.6) is 5.75 Å². The van der Waals surface area contributed by atoms with Crippen molar-refractivity contribution in [2.24, 2.45) is 0 Å². The Bertz CT molecular complexity index is 600. The van der Waals surface area contributed by atoms with Crippen molar-refractivity contribution < 1.29 is 14.3 Å². The molecule has 0 fully saturated rings. The summed E-state index contributed by atoms with van der Waals surface area (Å²) < 4.78 is 10.2. The first kappa shape index (κ1) is 15.0. The third-order valence-electron chi connectivity index (χ3n) is 2.95. The van der Waals surface area contributed by atoms with E-state index in [1.165, 1.54) is 0 Å². The van der Waals surface area contributed by atoms with E-state index in [-0.39, 0.29) is 5.91 Å². The number of carbonyl (C=O) groups is 1. The van der Waals surface area contributed by atoms with Crippen LogP contribution in [0.25, 0.3) is 11.3 Å². The van der Waals surface area contributed by atoms with Crippen LogP contribution in [0.2, 0.25) is 0 Å². The zero-order valence-electron chi connectivity index (χ0n) is 12.1. The third-order valence-corrected chi connectivity index (χ3v) is 2.95. The zero-order chi connectivity index (χ0) is 15.1. The molecule has 21 heavy (non-hydrogen) atoms. The van der Waals surface area contributed by atoms with Crippen LogP contribution in [0, 0.1) is 0 Å². The first-order chi connectivity index (χ1) is 10.3. The predicted molar refractivity (Wildman–Crippen MR) is 80.4 cm³/mol. The minimum atomic E-state index is -0.230. The number of carbonyl (C=O) groups excluding carboxylic acids is 1. The summed E-state index contributed by atoms with van der Waals surface area (Å²) in [6.07, 6.45) is 0. The molecule has 1 amide bonds. The van der Waals surface area contributed by atoms with Crippen molar-refractivity contribution in [3.63, 3.8) is 0 Å². The van der Waals surface area contributed by atoms with Crippen LogP contribution in [0.3, 0.4) is 0 Å². The highest BCUT2D eigenvalue weighted by Crippen LogP contribution is 2.27. The van der Waals surface area contributed by atoms with E-state index >= 15 is 0 Å². The van der Waals surface area contributed by atoms with E-state index < -0.39 is 0 Å². The molecular weight excluding hydrogens is 268 g/mol. The Morgan fingerprint density at radius 1 is 1.14 bits per heavy atom. The molecule has 1 N–H and O–H groups in total. The smallest absolute Gasteiger partial charge is 0.269 e. The lowest BCUT2D eigenvalue weighted by molar-refractivity contribution is 0.0932. The van der Waals surface area contributed by atoms with Gasteiger partial charge in [-0.15, -0.1) is 0 Å². The summed E-state index contributed by atoms with van der Waals surface area (Å²) in [4.78, 5) is 16.4. The predicted octanol–water partition coefficient (Wildman–Crippen LogP) is 2.13. The van der Waals surface area contributed by atoms with Gasteiger partial charge < -0.3 is 14.8 Å². The van der Waals surface area contributed by atoms with Crippen molar-refractivity contribution >= 4 is 5.91 Å². The van der Waals surface area contributed by atoms with Crippen molar-refractivity contribution in [1.29, 1.82) is 0 Å². The molecule has 1 aromatic carbocycles. The second-order valence-electron chi connectivity index (χ2n) is 4.36. The van der Waals surface area contributed by atoms with E-state index in [9.17, 15) is 4.79 Å². The number of benzene rings is 1. The molecule has 0 atom stereocenters. The lowest BCUT2D eigenvalue weighted by Gasteiger charge is -2.10. The second kappa shape index (κ2) is 7.40. The average molecular weight is 286 g/mol. The van der Waals surface area contributed by atoms with Gasteiger partial charge in [0.2, 0.25) is 0 Å². The number of rotatable bonds is 6. The van der Waals surface area contributed by atoms with Gasteiger partial charge in [0.25, 0.3) is 5.91 Å². The van der Waals surface area contributed by atoms with Gasteiger partial charge >= 0.3 is 0 Å². The van der Waals surface area contributed by atoms with Crippen LogP contribution in [-0.2, 0) is 4.74 Å². The van der Waals surface area contributed by atoms with Gasteiger partial charge in [0.1, 0.15) is 17.1 Å². The molecule has 0 aliphatic rings. The molecule has 0 spiro atoms. The summed E-state index contributed by atoms with van der Waals surface area (Å²) in [5.74, 6) is 0.404. The molecule has 5 nitrogen and oxygen atoms in total. The Balaban J connectivity index is 2.28. The van der Waals surface area contributed by atoms with Crippen LogP contribution in [0.4, 0.5) is 0 Å². The zero-order valence-corrected chi connectivity index (χ0v) is 12.1. The number of ether oxygens (including phenoxy) is 2. The van der Waals surface area contributed by atoms with Crippen molar-refractivity contribution in [2.75, 3.05) is 27.4 Å². The lowest BCUT2D eigenvalue weighted by atomic mass is 10.1. The van der Waals surface area contributed by atoms with Crippen LogP contribution in [0.15, 0.2) is 42.5 Å². The van der Waals surface area contributed by atoms with Crippen molar-refractivity contribution in [3.8, 4) is 17.0 Å². The van der Waals surface area contributed by atoms with E-state index in [2.05, 4.69) is 10.3 Å². The molecule has 0 saturated heterocycles. The maximum absolute atomic E-state index is 12.0. The maximum atomic E-state index is 12.0. The van der Waals surface area contributed by atoms with Crippen LogP contribution >= 0.6 is 0 Å². The molecule has 0 unspecified atom stereocenters. The summed E-state index contributed by atoms with van der Waals surface area (Å²) in [7, 11) is 3.17. The monoisotopic (exact) mass is 286 g/mol. The van der Waals surface area contributed by atoms with Gasteiger partial charge in [0.15, 0.2) is 0 Å². The van der Waals surface area contributed by atoms with Crippen molar-refractivity contribution in [1.82, 2.24) is 10.3 Å². The molecule has 0 radical (unpaired) electrons. The number of hydrogen-bond donors (Lipinski definition) is 1. The van der Waals surface area contributed by atoms with Crippen LogP contribution in [-0.4, -0.2) is 38.3 Å². The molecular formula is C16H18N2O3. The van der Waals surface area contributed by atoms with E-state index in [0.29, 0.717) is 30.3 Å². The van der Waals surface area contributed by atoms with Crippen molar-refractivity contribution in [3.05, 3.63) is 48.2 Å². The molecule has 5 heteroatoms. The average Bonchev–Trinajstić information content (AvgIpc) is 2.55. The van der Waals surface area contributed by atoms with Gasteiger partial charge in [-0.05, 0) is 12.1 Å². The molecule has 0 saturated carbocycles. The molecule has 0 bridgehead atoms. The summed E-state index contributed by atoms with van der Waals surface area (Å²) in [5, 5.41) is 2.75. The number of nitrogens with zero attached hydrogens (tertiary/aromatic N) is 1. The first-order valence-corrected chi connectivity index (χ1v) is 6.64. The minimum Gasteiger partial charge on any atom is -0.494 e. The Morgan fingerprint density at radius 2 is 1.90 bits per heavy atom. The molecule has 2 aromatic rings. The SMILES string of the molecule is COCCNC(=O)c1ccc(OC)c(-c2ccccc2)n1. The van der Waals surface area contributed by atoms with Gasteiger partial charge in [0, 0.05) is 19.2 Å². The lowest BCUT2D eigenvalue weighted by Crippen LogP contribution is -2.27. The van der Waals surface area contributed by atoms with E-state index in [0.717, 1.165) is 5.56 Å². The number of methoxy groups -OCH3 is 2.